The summed E-state index contributed by atoms with van der Waals surface area (Å²) in [5, 5.41) is 17.2. The van der Waals surface area contributed by atoms with Crippen molar-refractivity contribution in [3.05, 3.63) is 28.3 Å². The Morgan fingerprint density at radius 3 is 1.92 bits per heavy atom. The Kier molecular flexibility index (Phi) is 19.0. The third-order valence-corrected chi connectivity index (χ3v) is 2.99. The molecule has 1 aromatic rings. The fourth-order valence-electron chi connectivity index (χ4n) is 1.77. The van der Waals surface area contributed by atoms with Gasteiger partial charge in [0.05, 0.1) is 13.2 Å². The molecule has 6 nitrogen and oxygen atoms in total. The summed E-state index contributed by atoms with van der Waals surface area (Å²) < 4.78 is 10.6. The van der Waals surface area contributed by atoms with Crippen molar-refractivity contribution in [1.82, 2.24) is 0 Å². The summed E-state index contributed by atoms with van der Waals surface area (Å²) in [5.41, 5.74) is 1.21. The minimum absolute atomic E-state index is 0. The van der Waals surface area contributed by atoms with E-state index in [9.17, 15) is 4.79 Å². The first kappa shape index (κ1) is 31.0. The van der Waals surface area contributed by atoms with Crippen LogP contribution in [0.3, 0.4) is 0 Å². The fourth-order valence-corrected chi connectivity index (χ4v) is 2.22. The largest absolute Gasteiger partial charge is 1.00 e. The number of ether oxygens (including phenoxy) is 2. The summed E-state index contributed by atoms with van der Waals surface area (Å²) in [7, 11) is 0. The number of carbonyl (C=O) groups is 2. The molecule has 9 heteroatoms. The van der Waals surface area contributed by atoms with Gasteiger partial charge in [0, 0.05) is 5.02 Å². The van der Waals surface area contributed by atoms with Gasteiger partial charge in [-0.2, -0.15) is 0 Å². The predicted molar refractivity (Wildman–Crippen MR) is 82.7 cm³/mol. The van der Waals surface area contributed by atoms with Crippen LogP contribution in [0.1, 0.15) is 50.5 Å². The number of rotatable bonds is 4. The summed E-state index contributed by atoms with van der Waals surface area (Å²) in [6, 6.07) is 3.46. The molecule has 0 bridgehead atoms. The van der Waals surface area contributed by atoms with Gasteiger partial charge in [-0.15, -0.1) is 0 Å². The quantitative estimate of drug-likeness (QED) is 0.360. The van der Waals surface area contributed by atoms with Gasteiger partial charge in [-0.1, -0.05) is 32.4 Å². The molecule has 25 heavy (non-hydrogen) atoms. The topological polar surface area (TPSA) is 98.7 Å². The maximum atomic E-state index is 11.9. The van der Waals surface area contributed by atoms with E-state index in [4.69, 9.17) is 36.1 Å². The van der Waals surface area contributed by atoms with Crippen molar-refractivity contribution in [3.8, 4) is 5.75 Å². The number of benzene rings is 1. The molecule has 0 N–H and O–H groups in total. The molecule has 0 fully saturated rings. The van der Waals surface area contributed by atoms with E-state index in [0.29, 0.717) is 29.5 Å². The van der Waals surface area contributed by atoms with Crippen LogP contribution in [0.15, 0.2) is 12.1 Å². The van der Waals surface area contributed by atoms with Crippen LogP contribution in [0.5, 0.6) is 5.75 Å². The number of hydrogen-bond donors (Lipinski definition) is 0. The monoisotopic (exact) mass is 422 g/mol. The second kappa shape index (κ2) is 15.3. The average Bonchev–Trinajstić information content (AvgIpc) is 2.39. The van der Waals surface area contributed by atoms with Gasteiger partial charge in [0.1, 0.15) is 11.3 Å². The summed E-state index contributed by atoms with van der Waals surface area (Å²) >= 11 is 6.27. The van der Waals surface area contributed by atoms with Gasteiger partial charge in [0.2, 0.25) is 0 Å². The Morgan fingerprint density at radius 1 is 1.08 bits per heavy atom. The molecule has 0 aromatic heterocycles. The van der Waals surface area contributed by atoms with Crippen molar-refractivity contribution in [2.24, 2.45) is 0 Å². The normalized spacial score (nSPS) is 9.52. The van der Waals surface area contributed by atoms with Crippen molar-refractivity contribution in [2.75, 3.05) is 13.2 Å². The Balaban J connectivity index is -0.000000728. The third-order valence-electron chi connectivity index (χ3n) is 2.67. The van der Waals surface area contributed by atoms with E-state index in [1.165, 1.54) is 0 Å². The first-order chi connectivity index (χ1) is 10.5. The van der Waals surface area contributed by atoms with E-state index in [-0.39, 0.29) is 108 Å². The zero-order valence-corrected chi connectivity index (χ0v) is 22.9. The zero-order valence-electron chi connectivity index (χ0n) is 15.9. The van der Waals surface area contributed by atoms with Crippen molar-refractivity contribution in [1.29, 1.82) is 0 Å². The predicted octanol–water partition coefficient (Wildman–Crippen LogP) is -4.23. The molecule has 0 atom stereocenters. The van der Waals surface area contributed by atoms with Crippen LogP contribution in [0.4, 0.5) is 4.79 Å². The van der Waals surface area contributed by atoms with E-state index in [1.807, 2.05) is 13.0 Å². The van der Waals surface area contributed by atoms with E-state index >= 15 is 0 Å². The minimum atomic E-state index is -2.33. The molecule has 0 aliphatic carbocycles. The van der Waals surface area contributed by atoms with E-state index in [1.54, 1.807) is 13.0 Å². The molecule has 0 heterocycles. The summed E-state index contributed by atoms with van der Waals surface area (Å²) in [4.78, 5) is 20.2. The number of carboxylic acid groups (broad SMARTS) is 2. The number of esters is 1. The smallest absolute Gasteiger partial charge is 0.652 e. The van der Waals surface area contributed by atoms with Crippen molar-refractivity contribution in [3.63, 3.8) is 0 Å². The number of halogens is 1. The average molecular weight is 423 g/mol. The van der Waals surface area contributed by atoms with Gasteiger partial charge in [-0.3, -0.25) is 0 Å². The van der Waals surface area contributed by atoms with Gasteiger partial charge >= 0.3 is 109 Å². The summed E-state index contributed by atoms with van der Waals surface area (Å²) in [6.07, 6.45) is -2.33. The van der Waals surface area contributed by atoms with Crippen LogP contribution >= 0.6 is 11.6 Å². The second-order valence-electron chi connectivity index (χ2n) is 5.48. The zero-order chi connectivity index (χ0) is 18.2. The SMILES string of the molecule is CCOC(=O)c1cc(Cl)c(C(C)(C)C)cc1OCC.O=C([O-])[O-].[K+].[K+]. The summed E-state index contributed by atoms with van der Waals surface area (Å²) in [6.45, 7) is 10.6. The molecule has 0 saturated heterocycles. The van der Waals surface area contributed by atoms with E-state index in [2.05, 4.69) is 20.8 Å². The van der Waals surface area contributed by atoms with E-state index in [0.717, 1.165) is 5.56 Å². The third kappa shape index (κ3) is 12.4. The van der Waals surface area contributed by atoms with Crippen LogP contribution in [0.2, 0.25) is 5.02 Å². The molecule has 1 aromatic carbocycles. The van der Waals surface area contributed by atoms with Gasteiger partial charge in [0.25, 0.3) is 0 Å². The minimum Gasteiger partial charge on any atom is -0.652 e. The standard InChI is InChI=1S/C15H21ClO3.CH2O3.2K/c1-6-18-13-9-11(15(3,4)5)12(16)8-10(13)14(17)19-7-2;2-1(3)4;;/h8-9H,6-7H2,1-5H3;(H2,2,3,4);;/q;;2*+1/p-2. The first-order valence-electron chi connectivity index (χ1n) is 7.06. The maximum Gasteiger partial charge on any atom is 1.00 e. The first-order valence-corrected chi connectivity index (χ1v) is 7.44. The molecule has 0 saturated carbocycles. The molecule has 1 rings (SSSR count). The van der Waals surface area contributed by atoms with Gasteiger partial charge in [-0.25, -0.2) is 4.79 Å². The van der Waals surface area contributed by atoms with Crippen LogP contribution in [0, 0.1) is 0 Å². The van der Waals surface area contributed by atoms with Gasteiger partial charge in [0.15, 0.2) is 0 Å². The van der Waals surface area contributed by atoms with Crippen molar-refractivity contribution < 1.29 is 132 Å². The Bertz CT molecular complexity index is 554. The second-order valence-corrected chi connectivity index (χ2v) is 5.89. The molecule has 0 aliphatic rings. The van der Waals surface area contributed by atoms with Gasteiger partial charge < -0.3 is 24.5 Å². The molecular formula is C16H21ClK2O6. The number of carbonyl (C=O) groups excluding carboxylic acids is 2. The number of hydrogen-bond acceptors (Lipinski definition) is 6. The molecular weight excluding hydrogens is 402 g/mol. The molecule has 0 aliphatic heterocycles. The van der Waals surface area contributed by atoms with Crippen LogP contribution in [0.25, 0.3) is 0 Å². The van der Waals surface area contributed by atoms with Crippen LogP contribution in [-0.4, -0.2) is 25.3 Å². The van der Waals surface area contributed by atoms with Crippen LogP contribution in [-0.2, 0) is 10.2 Å². The Hall–Kier alpha value is 1.32. The Morgan fingerprint density at radius 2 is 1.56 bits per heavy atom. The summed E-state index contributed by atoms with van der Waals surface area (Å²) in [5.74, 6) is 0.114. The molecule has 0 radical (unpaired) electrons. The van der Waals surface area contributed by atoms with Gasteiger partial charge in [-0.05, 0) is 43.1 Å². The van der Waals surface area contributed by atoms with Crippen molar-refractivity contribution in [2.45, 2.75) is 40.0 Å². The maximum absolute atomic E-state index is 11.9. The van der Waals surface area contributed by atoms with Crippen LogP contribution < -0.4 is 118 Å². The molecule has 0 amide bonds. The Labute approximate surface area is 238 Å². The molecule has 0 spiro atoms. The van der Waals surface area contributed by atoms with Crippen molar-refractivity contribution >= 4 is 23.7 Å². The fraction of sp³-hybridized carbons (Fsp3) is 0.500. The van der Waals surface area contributed by atoms with E-state index < -0.39 is 12.1 Å². The molecule has 0 unspecified atom stereocenters. The molecule has 130 valence electrons.